The quantitative estimate of drug-likeness (QED) is 0.907. The fourth-order valence-corrected chi connectivity index (χ4v) is 3.45. The van der Waals surface area contributed by atoms with Crippen LogP contribution in [-0.2, 0) is 35.5 Å². The third kappa shape index (κ3) is 3.53. The highest BCUT2D eigenvalue weighted by atomic mass is 32.1. The van der Waals surface area contributed by atoms with Gasteiger partial charge in [0.15, 0.2) is 5.82 Å². The Kier molecular flexibility index (Phi) is 4.84. The molecule has 0 fully saturated rings. The summed E-state index contributed by atoms with van der Waals surface area (Å²) in [5.74, 6) is 1.95. The van der Waals surface area contributed by atoms with Crippen molar-refractivity contribution < 1.29 is 9.53 Å². The van der Waals surface area contributed by atoms with Gasteiger partial charge in [0.1, 0.15) is 12.4 Å². The summed E-state index contributed by atoms with van der Waals surface area (Å²) >= 11 is 1.62. The predicted molar refractivity (Wildman–Crippen MR) is 83.6 cm³/mol. The molecule has 1 N–H and O–H groups in total. The molecule has 2 aromatic rings. The van der Waals surface area contributed by atoms with E-state index in [-0.39, 0.29) is 11.9 Å². The summed E-state index contributed by atoms with van der Waals surface area (Å²) in [6.45, 7) is 1.30. The van der Waals surface area contributed by atoms with Crippen LogP contribution >= 0.6 is 11.3 Å². The molecular weight excluding hydrogens is 300 g/mol. The van der Waals surface area contributed by atoms with Gasteiger partial charge in [-0.1, -0.05) is 0 Å². The van der Waals surface area contributed by atoms with Crippen LogP contribution in [0.1, 0.15) is 30.1 Å². The molecule has 2 aromatic heterocycles. The second-order valence-corrected chi connectivity index (χ2v) is 6.30. The number of nitrogens with one attached hydrogen (secondary N) is 1. The Morgan fingerprint density at radius 3 is 3.18 bits per heavy atom. The molecule has 0 saturated heterocycles. The third-order valence-corrected chi connectivity index (χ3v) is 4.64. The summed E-state index contributed by atoms with van der Waals surface area (Å²) in [4.78, 5) is 12.1. The number of thiophene rings is 1. The van der Waals surface area contributed by atoms with Crippen LogP contribution in [-0.4, -0.2) is 33.8 Å². The van der Waals surface area contributed by atoms with Crippen LogP contribution in [0.15, 0.2) is 16.8 Å². The van der Waals surface area contributed by atoms with Gasteiger partial charge in [-0.15, -0.1) is 10.2 Å². The number of rotatable bonds is 5. The van der Waals surface area contributed by atoms with Crippen LogP contribution < -0.4 is 5.32 Å². The molecule has 1 atom stereocenters. The van der Waals surface area contributed by atoms with Crippen LogP contribution in [0, 0.1) is 0 Å². The van der Waals surface area contributed by atoms with Crippen molar-refractivity contribution in [3.63, 3.8) is 0 Å². The zero-order valence-electron chi connectivity index (χ0n) is 12.6. The Labute approximate surface area is 133 Å². The molecule has 3 heterocycles. The number of carbonyl (C=O) groups is 1. The van der Waals surface area contributed by atoms with Gasteiger partial charge in [0.05, 0.1) is 6.42 Å². The highest BCUT2D eigenvalue weighted by molar-refractivity contribution is 7.07. The fraction of sp³-hybridized carbons (Fsp3) is 0.533. The highest BCUT2D eigenvalue weighted by Gasteiger charge is 2.21. The van der Waals surface area contributed by atoms with Gasteiger partial charge in [-0.25, -0.2) is 0 Å². The molecule has 22 heavy (non-hydrogen) atoms. The molecule has 0 radical (unpaired) electrons. The van der Waals surface area contributed by atoms with Crippen LogP contribution in [0.25, 0.3) is 0 Å². The number of nitrogens with zero attached hydrogens (tertiary/aromatic N) is 3. The number of amides is 1. The van der Waals surface area contributed by atoms with E-state index < -0.39 is 0 Å². The van der Waals surface area contributed by atoms with Crippen molar-refractivity contribution in [2.24, 2.45) is 0 Å². The van der Waals surface area contributed by atoms with E-state index in [0.29, 0.717) is 13.0 Å². The van der Waals surface area contributed by atoms with Gasteiger partial charge in [0, 0.05) is 26.1 Å². The first-order valence-electron chi connectivity index (χ1n) is 7.46. The fourth-order valence-electron chi connectivity index (χ4n) is 2.79. The van der Waals surface area contributed by atoms with Gasteiger partial charge in [0.2, 0.25) is 5.91 Å². The lowest BCUT2D eigenvalue weighted by molar-refractivity contribution is -0.121. The normalized spacial score (nSPS) is 17.8. The maximum absolute atomic E-state index is 12.1. The molecule has 7 heteroatoms. The first-order chi connectivity index (χ1) is 10.8. The zero-order chi connectivity index (χ0) is 15.4. The van der Waals surface area contributed by atoms with Gasteiger partial charge in [0.25, 0.3) is 0 Å². The van der Waals surface area contributed by atoms with E-state index in [0.717, 1.165) is 43.0 Å². The minimum Gasteiger partial charge on any atom is -0.377 e. The molecule has 0 aromatic carbocycles. The topological polar surface area (TPSA) is 69.0 Å². The molecule has 0 bridgehead atoms. The van der Waals surface area contributed by atoms with E-state index in [9.17, 15) is 4.79 Å². The minimum atomic E-state index is 0.0955. The third-order valence-electron chi connectivity index (χ3n) is 3.90. The lowest BCUT2D eigenvalue weighted by Crippen LogP contribution is -2.36. The molecule has 0 saturated carbocycles. The average Bonchev–Trinajstić information content (AvgIpc) is 3.08. The van der Waals surface area contributed by atoms with Crippen LogP contribution in [0.4, 0.5) is 0 Å². The van der Waals surface area contributed by atoms with E-state index in [4.69, 9.17) is 4.74 Å². The van der Waals surface area contributed by atoms with E-state index in [1.165, 1.54) is 0 Å². The van der Waals surface area contributed by atoms with Crippen molar-refractivity contribution in [3.8, 4) is 0 Å². The van der Waals surface area contributed by atoms with Gasteiger partial charge >= 0.3 is 0 Å². The highest BCUT2D eigenvalue weighted by Crippen LogP contribution is 2.16. The Bertz CT molecular complexity index is 624. The maximum atomic E-state index is 12.1. The lowest BCUT2D eigenvalue weighted by atomic mass is 10.1. The minimum absolute atomic E-state index is 0.0955. The summed E-state index contributed by atoms with van der Waals surface area (Å²) in [7, 11) is 1.66. The molecule has 1 amide bonds. The molecule has 0 spiro atoms. The second kappa shape index (κ2) is 7.02. The van der Waals surface area contributed by atoms with Gasteiger partial charge in [-0.05, 0) is 35.2 Å². The summed E-state index contributed by atoms with van der Waals surface area (Å²) in [5.41, 5.74) is 1.08. The summed E-state index contributed by atoms with van der Waals surface area (Å²) in [5, 5.41) is 15.6. The lowest BCUT2D eigenvalue weighted by Gasteiger charge is -2.16. The largest absolute Gasteiger partial charge is 0.377 e. The Morgan fingerprint density at radius 1 is 1.50 bits per heavy atom. The molecule has 1 aliphatic heterocycles. The SMILES string of the molecule is COCc1nnc2n1CCC(NC(=O)Cc1ccsc1)CC2. The number of carbonyl (C=O) groups excluding carboxylic acids is 1. The van der Waals surface area contributed by atoms with E-state index in [2.05, 4.69) is 20.1 Å². The van der Waals surface area contributed by atoms with Crippen LogP contribution in [0.5, 0.6) is 0 Å². The average molecular weight is 320 g/mol. The van der Waals surface area contributed by atoms with Crippen molar-refractivity contribution in [1.29, 1.82) is 0 Å². The monoisotopic (exact) mass is 320 g/mol. The van der Waals surface area contributed by atoms with Crippen LogP contribution in [0.2, 0.25) is 0 Å². The van der Waals surface area contributed by atoms with Crippen molar-refractivity contribution in [1.82, 2.24) is 20.1 Å². The molecule has 0 aliphatic carbocycles. The molecule has 1 unspecified atom stereocenters. The molecule has 118 valence electrons. The Balaban J connectivity index is 1.56. The Morgan fingerprint density at radius 2 is 2.41 bits per heavy atom. The van der Waals surface area contributed by atoms with Crippen molar-refractivity contribution in [3.05, 3.63) is 34.0 Å². The van der Waals surface area contributed by atoms with Gasteiger partial charge < -0.3 is 14.6 Å². The molecule has 3 rings (SSSR count). The first kappa shape index (κ1) is 15.2. The summed E-state index contributed by atoms with van der Waals surface area (Å²) < 4.78 is 7.27. The number of aryl methyl sites for hydroxylation is 1. The second-order valence-electron chi connectivity index (χ2n) is 5.52. The van der Waals surface area contributed by atoms with E-state index in [1.807, 2.05) is 16.8 Å². The molecule has 1 aliphatic rings. The maximum Gasteiger partial charge on any atom is 0.224 e. The summed E-state index contributed by atoms with van der Waals surface area (Å²) in [6.07, 6.45) is 3.10. The van der Waals surface area contributed by atoms with Gasteiger partial charge in [-0.3, -0.25) is 4.79 Å². The van der Waals surface area contributed by atoms with Crippen molar-refractivity contribution >= 4 is 17.2 Å². The van der Waals surface area contributed by atoms with Crippen molar-refractivity contribution in [2.75, 3.05) is 7.11 Å². The number of ether oxygens (including phenoxy) is 1. The van der Waals surface area contributed by atoms with Crippen molar-refractivity contribution in [2.45, 2.75) is 44.9 Å². The zero-order valence-corrected chi connectivity index (χ0v) is 13.4. The van der Waals surface area contributed by atoms with E-state index >= 15 is 0 Å². The Hall–Kier alpha value is -1.73. The summed E-state index contributed by atoms with van der Waals surface area (Å²) in [6, 6.07) is 2.19. The molecular formula is C15H20N4O2S. The number of fused-ring (bicyclic) bond motifs is 1. The number of methoxy groups -OCH3 is 1. The van der Waals surface area contributed by atoms with E-state index in [1.54, 1.807) is 18.4 Å². The number of hydrogen-bond acceptors (Lipinski definition) is 5. The van der Waals surface area contributed by atoms with Crippen LogP contribution in [0.3, 0.4) is 0 Å². The predicted octanol–water partition coefficient (Wildman–Crippen LogP) is 1.55. The number of aromatic nitrogens is 3. The standard InChI is InChI=1S/C15H20N4O2S/c1-21-9-14-18-17-13-3-2-12(4-6-19(13)14)16-15(20)8-11-5-7-22-10-11/h5,7,10,12H,2-4,6,8-9H2,1H3,(H,16,20). The smallest absolute Gasteiger partial charge is 0.224 e. The molecule has 6 nitrogen and oxygen atoms in total. The number of hydrogen-bond donors (Lipinski definition) is 1. The first-order valence-corrected chi connectivity index (χ1v) is 8.41. The van der Waals surface area contributed by atoms with Gasteiger partial charge in [-0.2, -0.15) is 11.3 Å².